The summed E-state index contributed by atoms with van der Waals surface area (Å²) in [6.45, 7) is 4.80. The number of rotatable bonds is 6. The highest BCUT2D eigenvalue weighted by atomic mass is 79.9. The summed E-state index contributed by atoms with van der Waals surface area (Å²) >= 11 is 9.31. The highest BCUT2D eigenvalue weighted by Crippen LogP contribution is 2.21. The van der Waals surface area contributed by atoms with Crippen molar-refractivity contribution in [1.82, 2.24) is 29.3 Å². The number of aryl methyl sites for hydroxylation is 1. The Bertz CT molecular complexity index is 1190. The Hall–Kier alpha value is -2.91. The van der Waals surface area contributed by atoms with E-state index in [-0.39, 0.29) is 5.91 Å². The fourth-order valence-electron chi connectivity index (χ4n) is 3.10. The zero-order chi connectivity index (χ0) is 21.3. The third-order valence-electron chi connectivity index (χ3n) is 4.63. The quantitative estimate of drug-likeness (QED) is 0.443. The molecule has 0 spiro atoms. The van der Waals surface area contributed by atoms with E-state index in [1.54, 1.807) is 27.8 Å². The number of benzene rings is 1. The number of hydrogen-bond acceptors (Lipinski definition) is 4. The molecule has 0 radical (unpaired) electrons. The largest absolute Gasteiger partial charge is 0.317 e. The average Bonchev–Trinajstić information content (AvgIpc) is 3.41. The van der Waals surface area contributed by atoms with Gasteiger partial charge in [-0.3, -0.25) is 14.2 Å². The number of amides is 1. The summed E-state index contributed by atoms with van der Waals surface area (Å²) in [5, 5.41) is 16.7. The molecule has 0 aliphatic carbocycles. The Kier molecular flexibility index (Phi) is 5.74. The lowest BCUT2D eigenvalue weighted by molar-refractivity contribution is 0.102. The van der Waals surface area contributed by atoms with Crippen LogP contribution in [0.15, 0.2) is 53.4 Å². The minimum Gasteiger partial charge on any atom is -0.317 e. The van der Waals surface area contributed by atoms with E-state index >= 15 is 0 Å². The van der Waals surface area contributed by atoms with Crippen LogP contribution < -0.4 is 5.32 Å². The van der Waals surface area contributed by atoms with Gasteiger partial charge >= 0.3 is 0 Å². The van der Waals surface area contributed by atoms with Crippen molar-refractivity contribution in [1.29, 1.82) is 0 Å². The molecule has 0 aliphatic rings. The molecule has 4 rings (SSSR count). The number of halogens is 2. The highest BCUT2D eigenvalue weighted by Gasteiger charge is 2.17. The molecule has 0 saturated heterocycles. The van der Waals surface area contributed by atoms with Gasteiger partial charge in [-0.1, -0.05) is 23.7 Å². The lowest BCUT2D eigenvalue weighted by atomic mass is 10.2. The third-order valence-corrected chi connectivity index (χ3v) is 5.29. The maximum absolute atomic E-state index is 12.7. The second kappa shape index (κ2) is 8.45. The van der Waals surface area contributed by atoms with Crippen LogP contribution in [0.25, 0.3) is 0 Å². The first-order chi connectivity index (χ1) is 14.4. The zero-order valence-electron chi connectivity index (χ0n) is 16.4. The summed E-state index contributed by atoms with van der Waals surface area (Å²) in [5.41, 5.74) is 3.71. The van der Waals surface area contributed by atoms with Gasteiger partial charge in [-0.25, -0.2) is 4.68 Å². The Morgan fingerprint density at radius 2 is 1.90 bits per heavy atom. The van der Waals surface area contributed by atoms with Gasteiger partial charge in [0.25, 0.3) is 5.91 Å². The van der Waals surface area contributed by atoms with Crippen molar-refractivity contribution >= 4 is 39.1 Å². The molecular weight excluding hydrogens is 470 g/mol. The molecule has 3 heterocycles. The molecule has 8 nitrogen and oxygen atoms in total. The fraction of sp³-hybridized carbons (Fsp3) is 0.200. The fourth-order valence-corrected chi connectivity index (χ4v) is 3.55. The highest BCUT2D eigenvalue weighted by molar-refractivity contribution is 9.10. The Labute approximate surface area is 186 Å². The van der Waals surface area contributed by atoms with Gasteiger partial charge < -0.3 is 5.32 Å². The first-order valence-corrected chi connectivity index (χ1v) is 10.4. The van der Waals surface area contributed by atoms with Gasteiger partial charge in [0, 0.05) is 17.4 Å². The molecule has 0 aliphatic heterocycles. The summed E-state index contributed by atoms with van der Waals surface area (Å²) in [4.78, 5) is 12.7. The van der Waals surface area contributed by atoms with Crippen LogP contribution in [0.2, 0.25) is 5.02 Å². The Morgan fingerprint density at radius 1 is 1.13 bits per heavy atom. The lowest BCUT2D eigenvalue weighted by Gasteiger charge is -2.07. The SMILES string of the molecule is Cc1nn(Cc2ccc(Cl)cc2)c(C)c1NC(=O)c1ccn(Cn2cc(Br)cn2)n1. The molecule has 154 valence electrons. The number of anilines is 1. The third kappa shape index (κ3) is 4.47. The van der Waals surface area contributed by atoms with Gasteiger partial charge in [-0.05, 0) is 53.5 Å². The lowest BCUT2D eigenvalue weighted by Crippen LogP contribution is -2.16. The Morgan fingerprint density at radius 3 is 2.60 bits per heavy atom. The first-order valence-electron chi connectivity index (χ1n) is 9.20. The minimum absolute atomic E-state index is 0.285. The van der Waals surface area contributed by atoms with E-state index in [1.165, 1.54) is 0 Å². The van der Waals surface area contributed by atoms with Crippen LogP contribution in [0.1, 0.15) is 27.4 Å². The molecule has 4 aromatic rings. The first kappa shape index (κ1) is 20.4. The number of carbonyl (C=O) groups is 1. The molecule has 0 unspecified atom stereocenters. The van der Waals surface area contributed by atoms with Gasteiger partial charge in [0.05, 0.1) is 34.3 Å². The Balaban J connectivity index is 1.47. The van der Waals surface area contributed by atoms with Gasteiger partial charge in [-0.2, -0.15) is 15.3 Å². The summed E-state index contributed by atoms with van der Waals surface area (Å²) in [6, 6.07) is 9.30. The molecule has 0 atom stereocenters. The predicted molar refractivity (Wildman–Crippen MR) is 118 cm³/mol. The average molecular weight is 489 g/mol. The van der Waals surface area contributed by atoms with E-state index in [0.29, 0.717) is 29.6 Å². The van der Waals surface area contributed by atoms with E-state index < -0.39 is 0 Å². The van der Waals surface area contributed by atoms with E-state index in [1.807, 2.05) is 49.0 Å². The molecule has 0 saturated carbocycles. The summed E-state index contributed by atoms with van der Waals surface area (Å²) in [5.74, 6) is -0.285. The van der Waals surface area contributed by atoms with E-state index in [2.05, 4.69) is 36.5 Å². The molecule has 1 N–H and O–H groups in total. The van der Waals surface area contributed by atoms with Crippen LogP contribution in [-0.4, -0.2) is 35.2 Å². The van der Waals surface area contributed by atoms with Crippen molar-refractivity contribution in [2.24, 2.45) is 0 Å². The molecule has 10 heteroatoms. The van der Waals surface area contributed by atoms with Crippen molar-refractivity contribution in [3.63, 3.8) is 0 Å². The van der Waals surface area contributed by atoms with Crippen LogP contribution in [-0.2, 0) is 13.2 Å². The van der Waals surface area contributed by atoms with E-state index in [9.17, 15) is 4.79 Å². The zero-order valence-corrected chi connectivity index (χ0v) is 18.7. The van der Waals surface area contributed by atoms with E-state index in [0.717, 1.165) is 21.4 Å². The van der Waals surface area contributed by atoms with Crippen molar-refractivity contribution in [3.05, 3.63) is 81.1 Å². The maximum Gasteiger partial charge on any atom is 0.276 e. The van der Waals surface area contributed by atoms with Crippen molar-refractivity contribution < 1.29 is 4.79 Å². The van der Waals surface area contributed by atoms with Crippen LogP contribution in [0.3, 0.4) is 0 Å². The molecule has 0 bridgehead atoms. The molecule has 1 amide bonds. The van der Waals surface area contributed by atoms with Crippen LogP contribution >= 0.6 is 27.5 Å². The van der Waals surface area contributed by atoms with Crippen LogP contribution in [0, 0.1) is 13.8 Å². The number of nitrogens with one attached hydrogen (secondary N) is 1. The second-order valence-corrected chi connectivity index (χ2v) is 8.22. The molecule has 30 heavy (non-hydrogen) atoms. The topological polar surface area (TPSA) is 82.6 Å². The van der Waals surface area contributed by atoms with E-state index in [4.69, 9.17) is 11.6 Å². The van der Waals surface area contributed by atoms with Crippen molar-refractivity contribution in [2.75, 3.05) is 5.32 Å². The predicted octanol–water partition coefficient (Wildman–Crippen LogP) is 4.12. The minimum atomic E-state index is -0.285. The molecular formula is C20H19BrClN7O. The van der Waals surface area contributed by atoms with Gasteiger partial charge in [0.1, 0.15) is 6.67 Å². The number of aromatic nitrogens is 6. The number of nitrogens with zero attached hydrogens (tertiary/aromatic N) is 6. The van der Waals surface area contributed by atoms with Crippen molar-refractivity contribution in [3.8, 4) is 0 Å². The second-order valence-electron chi connectivity index (χ2n) is 6.86. The number of carbonyl (C=O) groups excluding carboxylic acids is 1. The normalized spacial score (nSPS) is 11.1. The molecule has 1 aromatic carbocycles. The molecule has 0 fully saturated rings. The van der Waals surface area contributed by atoms with Crippen LogP contribution in [0.4, 0.5) is 5.69 Å². The molecule has 3 aromatic heterocycles. The monoisotopic (exact) mass is 487 g/mol. The maximum atomic E-state index is 12.7. The van der Waals surface area contributed by atoms with Gasteiger partial charge in [-0.15, -0.1) is 0 Å². The smallest absolute Gasteiger partial charge is 0.276 e. The summed E-state index contributed by atoms with van der Waals surface area (Å²) in [6.07, 6.45) is 5.28. The summed E-state index contributed by atoms with van der Waals surface area (Å²) in [7, 11) is 0. The number of hydrogen-bond donors (Lipinski definition) is 1. The van der Waals surface area contributed by atoms with Gasteiger partial charge in [0.2, 0.25) is 0 Å². The standard InChI is InChI=1S/C20H19BrClN7O/c1-13-19(14(2)29(25-13)10-15-3-5-17(22)6-4-15)24-20(30)18-7-8-27(26-18)12-28-11-16(21)9-23-28/h3-9,11H,10,12H2,1-2H3,(H,24,30). The van der Waals surface area contributed by atoms with Gasteiger partial charge in [0.15, 0.2) is 5.69 Å². The summed E-state index contributed by atoms with van der Waals surface area (Å²) < 4.78 is 6.11. The van der Waals surface area contributed by atoms with Crippen LogP contribution in [0.5, 0.6) is 0 Å². The van der Waals surface area contributed by atoms with Crippen molar-refractivity contribution in [2.45, 2.75) is 27.1 Å².